The molecule has 0 radical (unpaired) electrons. The molecule has 0 aromatic heterocycles. The van der Waals surface area contributed by atoms with Crippen molar-refractivity contribution in [2.45, 2.75) is 32.5 Å². The van der Waals surface area contributed by atoms with Gasteiger partial charge in [0.1, 0.15) is 5.75 Å². The minimum atomic E-state index is -1.08. The maximum absolute atomic E-state index is 12.8. The molecule has 1 aromatic carbocycles. The second kappa shape index (κ2) is 7.66. The zero-order chi connectivity index (χ0) is 17.0. The van der Waals surface area contributed by atoms with E-state index in [9.17, 15) is 9.59 Å². The number of ether oxygens (including phenoxy) is 2. The number of amides is 1. The lowest BCUT2D eigenvalue weighted by Gasteiger charge is -2.35. The summed E-state index contributed by atoms with van der Waals surface area (Å²) in [5.41, 5.74) is 0.337. The minimum Gasteiger partial charge on any atom is -0.493 e. The van der Waals surface area contributed by atoms with Gasteiger partial charge in [0.2, 0.25) is 0 Å². The quantitative estimate of drug-likeness (QED) is 0.890. The van der Waals surface area contributed by atoms with Crippen molar-refractivity contribution >= 4 is 23.5 Å². The average molecular weight is 342 g/mol. The van der Waals surface area contributed by atoms with Crippen molar-refractivity contribution in [2.75, 3.05) is 19.7 Å². The Morgan fingerprint density at radius 1 is 1.43 bits per heavy atom. The van der Waals surface area contributed by atoms with Crippen molar-refractivity contribution in [1.29, 1.82) is 0 Å². The van der Waals surface area contributed by atoms with Gasteiger partial charge < -0.3 is 19.5 Å². The van der Waals surface area contributed by atoms with Gasteiger partial charge in [-0.25, -0.2) is 4.79 Å². The third-order valence-electron chi connectivity index (χ3n) is 3.46. The molecule has 0 bridgehead atoms. The van der Waals surface area contributed by atoms with Gasteiger partial charge in [-0.2, -0.15) is 0 Å². The highest BCUT2D eigenvalue weighted by molar-refractivity contribution is 6.31. The SMILES string of the molecule is CCCOc1ccc(Cl)cc1C(=O)N1CC(C(=O)O)O[C@H](C)C1. The Kier molecular flexibility index (Phi) is 5.85. The molecule has 1 saturated heterocycles. The summed E-state index contributed by atoms with van der Waals surface area (Å²) in [5, 5.41) is 9.56. The zero-order valence-electron chi connectivity index (χ0n) is 13.1. The number of halogens is 1. The Hall–Kier alpha value is -1.79. The first-order chi connectivity index (χ1) is 10.9. The number of carboxylic acid groups (broad SMARTS) is 1. The van der Waals surface area contributed by atoms with Crippen LogP contribution in [-0.4, -0.2) is 53.8 Å². The van der Waals surface area contributed by atoms with Crippen LogP contribution in [0, 0.1) is 0 Å². The molecule has 1 fully saturated rings. The first-order valence-electron chi connectivity index (χ1n) is 7.52. The van der Waals surface area contributed by atoms with Crippen molar-refractivity contribution in [3.8, 4) is 5.75 Å². The van der Waals surface area contributed by atoms with Crippen molar-refractivity contribution in [3.05, 3.63) is 28.8 Å². The highest BCUT2D eigenvalue weighted by Gasteiger charge is 2.33. The number of nitrogens with zero attached hydrogens (tertiary/aromatic N) is 1. The molecule has 1 aliphatic heterocycles. The van der Waals surface area contributed by atoms with Crippen LogP contribution in [-0.2, 0) is 9.53 Å². The van der Waals surface area contributed by atoms with E-state index in [1.807, 2.05) is 6.92 Å². The summed E-state index contributed by atoms with van der Waals surface area (Å²) in [5.74, 6) is -0.935. The van der Waals surface area contributed by atoms with E-state index in [4.69, 9.17) is 26.2 Å². The molecule has 23 heavy (non-hydrogen) atoms. The average Bonchev–Trinajstić information content (AvgIpc) is 2.52. The number of carbonyl (C=O) groups excluding carboxylic acids is 1. The number of rotatable bonds is 5. The van der Waals surface area contributed by atoms with Crippen LogP contribution in [0.1, 0.15) is 30.6 Å². The standard InChI is InChI=1S/C16H20ClNO5/c1-3-6-22-13-5-4-11(17)7-12(13)15(19)18-8-10(2)23-14(9-18)16(20)21/h4-5,7,10,14H,3,6,8-9H2,1-2H3,(H,20,21)/t10-,14?/m1/s1. The summed E-state index contributed by atoms with van der Waals surface area (Å²) >= 11 is 6.00. The Bertz CT molecular complexity index is 592. The van der Waals surface area contributed by atoms with Crippen LogP contribution in [0.3, 0.4) is 0 Å². The molecule has 1 heterocycles. The van der Waals surface area contributed by atoms with Gasteiger partial charge in [0.25, 0.3) is 5.91 Å². The number of hydrogen-bond acceptors (Lipinski definition) is 4. The highest BCUT2D eigenvalue weighted by atomic mass is 35.5. The van der Waals surface area contributed by atoms with Crippen molar-refractivity contribution in [3.63, 3.8) is 0 Å². The topological polar surface area (TPSA) is 76.1 Å². The van der Waals surface area contributed by atoms with Gasteiger partial charge in [-0.05, 0) is 31.5 Å². The molecule has 0 saturated carbocycles. The maximum Gasteiger partial charge on any atom is 0.334 e. The molecule has 1 aromatic rings. The Balaban J connectivity index is 2.24. The van der Waals surface area contributed by atoms with E-state index in [-0.39, 0.29) is 18.6 Å². The second-order valence-electron chi connectivity index (χ2n) is 5.47. The summed E-state index contributed by atoms with van der Waals surface area (Å²) in [7, 11) is 0. The van der Waals surface area contributed by atoms with Gasteiger partial charge in [-0.1, -0.05) is 18.5 Å². The molecule has 1 N–H and O–H groups in total. The number of carboxylic acids is 1. The number of morpholine rings is 1. The lowest BCUT2D eigenvalue weighted by atomic mass is 10.1. The Morgan fingerprint density at radius 2 is 2.17 bits per heavy atom. The molecule has 2 rings (SSSR count). The van der Waals surface area contributed by atoms with Gasteiger partial charge in [-0.3, -0.25) is 4.79 Å². The fourth-order valence-corrected chi connectivity index (χ4v) is 2.60. The van der Waals surface area contributed by atoms with Crippen LogP contribution in [0.2, 0.25) is 5.02 Å². The van der Waals surface area contributed by atoms with Crippen molar-refractivity contribution in [1.82, 2.24) is 4.90 Å². The third-order valence-corrected chi connectivity index (χ3v) is 3.69. The first-order valence-corrected chi connectivity index (χ1v) is 7.90. The highest BCUT2D eigenvalue weighted by Crippen LogP contribution is 2.26. The second-order valence-corrected chi connectivity index (χ2v) is 5.91. The van der Waals surface area contributed by atoms with Gasteiger partial charge >= 0.3 is 5.97 Å². The van der Waals surface area contributed by atoms with E-state index in [2.05, 4.69) is 0 Å². The number of hydrogen-bond donors (Lipinski definition) is 1. The van der Waals surface area contributed by atoms with Crippen molar-refractivity contribution < 1.29 is 24.2 Å². The molecule has 7 heteroatoms. The minimum absolute atomic E-state index is 0.00175. The maximum atomic E-state index is 12.8. The summed E-state index contributed by atoms with van der Waals surface area (Å²) in [6, 6.07) is 4.86. The lowest BCUT2D eigenvalue weighted by molar-refractivity contribution is -0.160. The van der Waals surface area contributed by atoms with Gasteiger partial charge in [0.15, 0.2) is 6.10 Å². The molecule has 2 atom stereocenters. The van der Waals surface area contributed by atoms with Crippen LogP contribution in [0.15, 0.2) is 18.2 Å². The fraction of sp³-hybridized carbons (Fsp3) is 0.500. The molecule has 0 spiro atoms. The summed E-state index contributed by atoms with van der Waals surface area (Å²) in [6.07, 6.45) is -0.568. The van der Waals surface area contributed by atoms with E-state index in [0.29, 0.717) is 29.5 Å². The summed E-state index contributed by atoms with van der Waals surface area (Å²) < 4.78 is 10.9. The fourth-order valence-electron chi connectivity index (χ4n) is 2.43. The van der Waals surface area contributed by atoms with Crippen LogP contribution in [0.25, 0.3) is 0 Å². The monoisotopic (exact) mass is 341 g/mol. The predicted octanol–water partition coefficient (Wildman–Crippen LogP) is 2.44. The molecule has 6 nitrogen and oxygen atoms in total. The molecular weight excluding hydrogens is 322 g/mol. The largest absolute Gasteiger partial charge is 0.493 e. The molecule has 1 unspecified atom stereocenters. The smallest absolute Gasteiger partial charge is 0.334 e. The van der Waals surface area contributed by atoms with E-state index >= 15 is 0 Å². The van der Waals surface area contributed by atoms with Crippen LogP contribution in [0.4, 0.5) is 0 Å². The van der Waals surface area contributed by atoms with Crippen LogP contribution in [0.5, 0.6) is 5.75 Å². The predicted molar refractivity (Wildman–Crippen MR) is 85.1 cm³/mol. The normalized spacial score (nSPS) is 21.1. The molecule has 1 aliphatic rings. The van der Waals surface area contributed by atoms with E-state index in [1.165, 1.54) is 4.90 Å². The third kappa shape index (κ3) is 4.36. The lowest BCUT2D eigenvalue weighted by Crippen LogP contribution is -2.51. The molecular formula is C16H20ClNO5. The van der Waals surface area contributed by atoms with E-state index in [0.717, 1.165) is 6.42 Å². The molecule has 0 aliphatic carbocycles. The molecule has 126 valence electrons. The zero-order valence-corrected chi connectivity index (χ0v) is 13.9. The first kappa shape index (κ1) is 17.6. The number of aliphatic carboxylic acids is 1. The van der Waals surface area contributed by atoms with Gasteiger partial charge in [-0.15, -0.1) is 0 Å². The number of benzene rings is 1. The summed E-state index contributed by atoms with van der Waals surface area (Å²) in [6.45, 7) is 4.51. The Morgan fingerprint density at radius 3 is 2.83 bits per heavy atom. The van der Waals surface area contributed by atoms with Crippen LogP contribution < -0.4 is 4.74 Å². The van der Waals surface area contributed by atoms with Crippen molar-refractivity contribution in [2.24, 2.45) is 0 Å². The Labute approximate surface area is 139 Å². The number of carbonyl (C=O) groups is 2. The van der Waals surface area contributed by atoms with Gasteiger partial charge in [0.05, 0.1) is 24.8 Å². The van der Waals surface area contributed by atoms with E-state index in [1.54, 1.807) is 25.1 Å². The molecule has 1 amide bonds. The summed E-state index contributed by atoms with van der Waals surface area (Å²) in [4.78, 5) is 25.4. The van der Waals surface area contributed by atoms with Gasteiger partial charge in [0, 0.05) is 11.6 Å². The van der Waals surface area contributed by atoms with Crippen LogP contribution >= 0.6 is 11.6 Å². The van der Waals surface area contributed by atoms with E-state index < -0.39 is 12.1 Å².